The summed E-state index contributed by atoms with van der Waals surface area (Å²) in [6, 6.07) is 3.22. The van der Waals surface area contributed by atoms with E-state index in [9.17, 15) is 13.2 Å². The highest BCUT2D eigenvalue weighted by atomic mass is 32.2. The number of hydrogen-bond donors (Lipinski definition) is 1. The SMILES string of the molecule is COC(=O)C1CCN(S(=O)(=O)c2cc(N)cc(C)c2C)C1. The number of carbonyl (C=O) groups is 1. The quantitative estimate of drug-likeness (QED) is 0.666. The molecule has 0 saturated carbocycles. The third-order valence-electron chi connectivity index (χ3n) is 3.95. The molecule has 2 rings (SSSR count). The lowest BCUT2D eigenvalue weighted by atomic mass is 10.1. The molecule has 1 aromatic rings. The van der Waals surface area contributed by atoms with Crippen molar-refractivity contribution >= 4 is 21.7 Å². The van der Waals surface area contributed by atoms with E-state index in [2.05, 4.69) is 4.74 Å². The lowest BCUT2D eigenvalue weighted by molar-refractivity contribution is -0.144. The second-order valence-corrected chi connectivity index (χ2v) is 7.24. The van der Waals surface area contributed by atoms with Crippen molar-refractivity contribution in [3.05, 3.63) is 23.3 Å². The van der Waals surface area contributed by atoms with Gasteiger partial charge in [0.15, 0.2) is 0 Å². The fourth-order valence-electron chi connectivity index (χ4n) is 2.57. The highest BCUT2D eigenvalue weighted by Crippen LogP contribution is 2.29. The zero-order valence-corrected chi connectivity index (χ0v) is 13.2. The third-order valence-corrected chi connectivity index (χ3v) is 5.94. The molecule has 0 amide bonds. The molecule has 1 unspecified atom stereocenters. The first-order valence-corrected chi connectivity index (χ1v) is 8.16. The number of hydrogen-bond acceptors (Lipinski definition) is 5. The Bertz CT molecular complexity index is 670. The van der Waals surface area contributed by atoms with Crippen LogP contribution in [0.25, 0.3) is 0 Å². The highest BCUT2D eigenvalue weighted by Gasteiger charge is 2.37. The Morgan fingerprint density at radius 3 is 2.67 bits per heavy atom. The van der Waals surface area contributed by atoms with E-state index < -0.39 is 15.9 Å². The van der Waals surface area contributed by atoms with Crippen molar-refractivity contribution < 1.29 is 17.9 Å². The van der Waals surface area contributed by atoms with Crippen LogP contribution >= 0.6 is 0 Å². The minimum absolute atomic E-state index is 0.155. The number of nitrogens with two attached hydrogens (primary N) is 1. The molecule has 1 aliphatic heterocycles. The molecule has 1 saturated heterocycles. The van der Waals surface area contributed by atoms with E-state index in [1.807, 2.05) is 6.92 Å². The van der Waals surface area contributed by atoms with E-state index in [1.165, 1.54) is 17.5 Å². The maximum atomic E-state index is 12.7. The Balaban J connectivity index is 2.34. The Morgan fingerprint density at radius 2 is 2.05 bits per heavy atom. The molecule has 0 bridgehead atoms. The molecule has 0 aromatic heterocycles. The number of nitrogen functional groups attached to an aromatic ring is 1. The molecule has 1 atom stereocenters. The van der Waals surface area contributed by atoms with Crippen LogP contribution in [0.2, 0.25) is 0 Å². The van der Waals surface area contributed by atoms with Gasteiger partial charge in [-0.25, -0.2) is 8.42 Å². The van der Waals surface area contributed by atoms with Crippen LogP contribution in [-0.2, 0) is 19.6 Å². The highest BCUT2D eigenvalue weighted by molar-refractivity contribution is 7.89. The zero-order chi connectivity index (χ0) is 15.8. The summed E-state index contributed by atoms with van der Waals surface area (Å²) in [6.07, 6.45) is 0.478. The lowest BCUT2D eigenvalue weighted by Gasteiger charge is -2.19. The van der Waals surface area contributed by atoms with Crippen LogP contribution in [0.4, 0.5) is 5.69 Å². The van der Waals surface area contributed by atoms with Crippen LogP contribution in [0.15, 0.2) is 17.0 Å². The maximum absolute atomic E-state index is 12.7. The van der Waals surface area contributed by atoms with Gasteiger partial charge in [-0.2, -0.15) is 4.31 Å². The summed E-state index contributed by atoms with van der Waals surface area (Å²) < 4.78 is 31.5. The Hall–Kier alpha value is -1.60. The minimum atomic E-state index is -3.64. The molecule has 6 nitrogen and oxygen atoms in total. The Kier molecular flexibility index (Phi) is 4.25. The maximum Gasteiger partial charge on any atom is 0.310 e. The smallest absolute Gasteiger partial charge is 0.310 e. The third kappa shape index (κ3) is 2.89. The molecule has 1 aliphatic rings. The lowest BCUT2D eigenvalue weighted by Crippen LogP contribution is -2.31. The van der Waals surface area contributed by atoms with Gasteiger partial charge in [-0.05, 0) is 43.5 Å². The summed E-state index contributed by atoms with van der Waals surface area (Å²) in [7, 11) is -2.33. The van der Waals surface area contributed by atoms with Crippen LogP contribution < -0.4 is 5.73 Å². The van der Waals surface area contributed by atoms with Crippen molar-refractivity contribution in [1.82, 2.24) is 4.31 Å². The van der Waals surface area contributed by atoms with Crippen LogP contribution in [-0.4, -0.2) is 38.9 Å². The molecule has 0 aliphatic carbocycles. The van der Waals surface area contributed by atoms with Crippen molar-refractivity contribution in [2.75, 3.05) is 25.9 Å². The number of esters is 1. The largest absolute Gasteiger partial charge is 0.469 e. The number of aryl methyl sites for hydroxylation is 1. The summed E-state index contributed by atoms with van der Waals surface area (Å²) in [5.74, 6) is -0.764. The normalized spacial score (nSPS) is 19.7. The molecule has 7 heteroatoms. The molecule has 116 valence electrons. The number of anilines is 1. The first kappa shape index (κ1) is 15.8. The molecule has 21 heavy (non-hydrogen) atoms. The van der Waals surface area contributed by atoms with Crippen molar-refractivity contribution in [2.45, 2.75) is 25.2 Å². The molecule has 2 N–H and O–H groups in total. The number of benzene rings is 1. The fraction of sp³-hybridized carbons (Fsp3) is 0.500. The first-order chi connectivity index (χ1) is 9.77. The first-order valence-electron chi connectivity index (χ1n) is 6.72. The van der Waals surface area contributed by atoms with Gasteiger partial charge in [-0.3, -0.25) is 4.79 Å². The van der Waals surface area contributed by atoms with Gasteiger partial charge in [0.1, 0.15) is 0 Å². The predicted molar refractivity (Wildman–Crippen MR) is 79.2 cm³/mol. The standard InChI is InChI=1S/C14H20N2O4S/c1-9-6-12(15)7-13(10(9)2)21(18,19)16-5-4-11(8-16)14(17)20-3/h6-7,11H,4-5,8,15H2,1-3H3. The van der Waals surface area contributed by atoms with Gasteiger partial charge in [-0.15, -0.1) is 0 Å². The van der Waals surface area contributed by atoms with E-state index in [0.717, 1.165) is 5.56 Å². The molecule has 0 radical (unpaired) electrons. The average Bonchev–Trinajstić information content (AvgIpc) is 2.92. The fourth-order valence-corrected chi connectivity index (χ4v) is 4.40. The van der Waals surface area contributed by atoms with Gasteiger partial charge < -0.3 is 10.5 Å². The summed E-state index contributed by atoms with van der Waals surface area (Å²) in [5, 5.41) is 0. The van der Waals surface area contributed by atoms with Gasteiger partial charge in [-0.1, -0.05) is 0 Å². The second-order valence-electron chi connectivity index (χ2n) is 5.33. The summed E-state index contributed by atoms with van der Waals surface area (Å²) in [4.78, 5) is 11.7. The number of methoxy groups -OCH3 is 1. The van der Waals surface area contributed by atoms with Gasteiger partial charge in [0.2, 0.25) is 10.0 Å². The Morgan fingerprint density at radius 1 is 1.38 bits per heavy atom. The predicted octanol–water partition coefficient (Wildman–Crippen LogP) is 1.07. The van der Waals surface area contributed by atoms with Crippen molar-refractivity contribution in [3.8, 4) is 0 Å². The molecule has 0 spiro atoms. The van der Waals surface area contributed by atoms with Crippen LogP contribution in [0, 0.1) is 19.8 Å². The topological polar surface area (TPSA) is 89.7 Å². The monoisotopic (exact) mass is 312 g/mol. The number of rotatable bonds is 3. The van der Waals surface area contributed by atoms with E-state index in [0.29, 0.717) is 24.2 Å². The number of sulfonamides is 1. The molecular weight excluding hydrogens is 292 g/mol. The van der Waals surface area contributed by atoms with Gasteiger partial charge in [0.25, 0.3) is 0 Å². The zero-order valence-electron chi connectivity index (χ0n) is 12.4. The van der Waals surface area contributed by atoms with E-state index in [-0.39, 0.29) is 17.4 Å². The van der Waals surface area contributed by atoms with Gasteiger partial charge in [0.05, 0.1) is 17.9 Å². The van der Waals surface area contributed by atoms with E-state index in [4.69, 9.17) is 5.73 Å². The van der Waals surface area contributed by atoms with E-state index >= 15 is 0 Å². The average molecular weight is 312 g/mol. The second kappa shape index (κ2) is 5.65. The van der Waals surface area contributed by atoms with Crippen LogP contribution in [0.1, 0.15) is 17.5 Å². The molecule has 1 aromatic carbocycles. The minimum Gasteiger partial charge on any atom is -0.469 e. The summed E-state index contributed by atoms with van der Waals surface area (Å²) >= 11 is 0. The van der Waals surface area contributed by atoms with Crippen LogP contribution in [0.3, 0.4) is 0 Å². The van der Waals surface area contributed by atoms with Gasteiger partial charge >= 0.3 is 5.97 Å². The number of carbonyl (C=O) groups excluding carboxylic acids is 1. The van der Waals surface area contributed by atoms with Crippen LogP contribution in [0.5, 0.6) is 0 Å². The number of ether oxygens (including phenoxy) is 1. The summed E-state index contributed by atoms with van der Waals surface area (Å²) in [6.45, 7) is 4.05. The Labute approximate surface area is 124 Å². The number of nitrogens with zero attached hydrogens (tertiary/aromatic N) is 1. The van der Waals surface area contributed by atoms with E-state index in [1.54, 1.807) is 13.0 Å². The molecular formula is C14H20N2O4S. The van der Waals surface area contributed by atoms with Crippen molar-refractivity contribution in [2.24, 2.45) is 5.92 Å². The molecule has 1 fully saturated rings. The molecule has 1 heterocycles. The summed E-state index contributed by atoms with van der Waals surface area (Å²) in [5.41, 5.74) is 7.70. The van der Waals surface area contributed by atoms with Crippen molar-refractivity contribution in [1.29, 1.82) is 0 Å². The van der Waals surface area contributed by atoms with Crippen molar-refractivity contribution in [3.63, 3.8) is 0 Å². The van der Waals surface area contributed by atoms with Gasteiger partial charge in [0, 0.05) is 18.8 Å².